The normalized spacial score (nSPS) is 10.8. The highest BCUT2D eigenvalue weighted by Crippen LogP contribution is 2.09. The molecule has 0 fully saturated rings. The van der Waals surface area contributed by atoms with Crippen molar-refractivity contribution in [3.05, 3.63) is 57.8 Å². The Labute approximate surface area is 106 Å². The molecule has 0 unspecified atom stereocenters. The summed E-state index contributed by atoms with van der Waals surface area (Å²) in [6, 6.07) is 7.10. The number of thiophene rings is 1. The maximum atomic E-state index is 13.2. The zero-order valence-corrected chi connectivity index (χ0v) is 9.88. The lowest BCUT2D eigenvalue weighted by atomic mass is 10.2. The summed E-state index contributed by atoms with van der Waals surface area (Å²) in [4.78, 5) is 12.0. The van der Waals surface area contributed by atoms with Crippen LogP contribution in [-0.4, -0.2) is 12.1 Å². The highest BCUT2D eigenvalue weighted by molar-refractivity contribution is 7.12. The fourth-order valence-corrected chi connectivity index (χ4v) is 1.86. The van der Waals surface area contributed by atoms with Crippen molar-refractivity contribution < 1.29 is 13.6 Å². The summed E-state index contributed by atoms with van der Waals surface area (Å²) < 4.78 is 26.1. The first-order chi connectivity index (χ1) is 8.68. The first-order valence-electron chi connectivity index (χ1n) is 4.99. The molecule has 0 spiro atoms. The fourth-order valence-electron chi connectivity index (χ4n) is 1.24. The van der Waals surface area contributed by atoms with E-state index in [9.17, 15) is 13.6 Å². The molecule has 0 bridgehead atoms. The van der Waals surface area contributed by atoms with Crippen LogP contribution in [-0.2, 0) is 0 Å². The molecule has 0 saturated heterocycles. The van der Waals surface area contributed by atoms with Crippen molar-refractivity contribution in [1.29, 1.82) is 0 Å². The number of nitrogens with one attached hydrogen (secondary N) is 1. The van der Waals surface area contributed by atoms with Gasteiger partial charge in [0.15, 0.2) is 11.6 Å². The van der Waals surface area contributed by atoms with E-state index in [0.717, 1.165) is 12.3 Å². The number of hydrogen-bond donors (Lipinski definition) is 1. The van der Waals surface area contributed by atoms with Gasteiger partial charge in [0, 0.05) is 5.56 Å². The van der Waals surface area contributed by atoms with Gasteiger partial charge in [0.1, 0.15) is 0 Å². The minimum Gasteiger partial charge on any atom is -0.266 e. The van der Waals surface area contributed by atoms with Gasteiger partial charge in [-0.3, -0.25) is 4.79 Å². The molecule has 0 atom stereocenters. The monoisotopic (exact) mass is 266 g/mol. The molecule has 3 nitrogen and oxygen atoms in total. The standard InChI is InChI=1S/C12H8F2N2OS/c13-9-4-1-3-8(11(9)14)7-15-16-12(17)10-5-2-6-18-10/h1-7H,(H,16,17). The van der Waals surface area contributed by atoms with Crippen LogP contribution in [0.3, 0.4) is 0 Å². The Balaban J connectivity index is 2.04. The van der Waals surface area contributed by atoms with E-state index in [1.807, 2.05) is 0 Å². The molecule has 0 aliphatic heterocycles. The van der Waals surface area contributed by atoms with E-state index in [0.29, 0.717) is 4.88 Å². The van der Waals surface area contributed by atoms with E-state index in [-0.39, 0.29) is 5.56 Å². The molecule has 1 N–H and O–H groups in total. The Hall–Kier alpha value is -2.08. The topological polar surface area (TPSA) is 41.5 Å². The van der Waals surface area contributed by atoms with Gasteiger partial charge in [-0.2, -0.15) is 5.10 Å². The number of benzene rings is 1. The third kappa shape index (κ3) is 2.78. The molecule has 0 radical (unpaired) electrons. The Morgan fingerprint density at radius 1 is 1.28 bits per heavy atom. The van der Waals surface area contributed by atoms with Crippen molar-refractivity contribution >= 4 is 23.5 Å². The second-order valence-corrected chi connectivity index (χ2v) is 4.27. The molecular weight excluding hydrogens is 258 g/mol. The smallest absolute Gasteiger partial charge is 0.266 e. The molecule has 1 aromatic heterocycles. The van der Waals surface area contributed by atoms with Gasteiger partial charge in [-0.1, -0.05) is 18.2 Å². The minimum absolute atomic E-state index is 0.0264. The number of carbonyl (C=O) groups is 1. The van der Waals surface area contributed by atoms with Crippen LogP contribution in [0.4, 0.5) is 8.78 Å². The van der Waals surface area contributed by atoms with Gasteiger partial charge in [0.2, 0.25) is 0 Å². The van der Waals surface area contributed by atoms with Gasteiger partial charge in [-0.05, 0) is 17.5 Å². The maximum absolute atomic E-state index is 13.2. The molecule has 18 heavy (non-hydrogen) atoms. The first-order valence-corrected chi connectivity index (χ1v) is 5.87. The van der Waals surface area contributed by atoms with Crippen LogP contribution in [0.1, 0.15) is 15.2 Å². The molecule has 2 rings (SSSR count). The largest absolute Gasteiger partial charge is 0.281 e. The van der Waals surface area contributed by atoms with Crippen molar-refractivity contribution in [1.82, 2.24) is 5.43 Å². The van der Waals surface area contributed by atoms with Gasteiger partial charge in [-0.25, -0.2) is 14.2 Å². The summed E-state index contributed by atoms with van der Waals surface area (Å²) in [6.45, 7) is 0. The van der Waals surface area contributed by atoms with Crippen molar-refractivity contribution in [2.24, 2.45) is 5.10 Å². The van der Waals surface area contributed by atoms with Crippen LogP contribution in [0, 0.1) is 11.6 Å². The number of carbonyl (C=O) groups excluding carboxylic acids is 1. The van der Waals surface area contributed by atoms with Gasteiger partial charge in [0.05, 0.1) is 11.1 Å². The zero-order chi connectivity index (χ0) is 13.0. The van der Waals surface area contributed by atoms with Crippen LogP contribution in [0.15, 0.2) is 40.8 Å². The van der Waals surface area contributed by atoms with Crippen molar-refractivity contribution in [3.8, 4) is 0 Å². The summed E-state index contributed by atoms with van der Waals surface area (Å²) >= 11 is 1.26. The van der Waals surface area contributed by atoms with E-state index >= 15 is 0 Å². The van der Waals surface area contributed by atoms with Crippen LogP contribution in [0.5, 0.6) is 0 Å². The Kier molecular flexibility index (Phi) is 3.78. The Morgan fingerprint density at radius 3 is 2.83 bits per heavy atom. The highest BCUT2D eigenvalue weighted by Gasteiger charge is 2.06. The second-order valence-electron chi connectivity index (χ2n) is 3.32. The van der Waals surface area contributed by atoms with Crippen molar-refractivity contribution in [3.63, 3.8) is 0 Å². The quantitative estimate of drug-likeness (QED) is 0.673. The van der Waals surface area contributed by atoms with Crippen molar-refractivity contribution in [2.45, 2.75) is 0 Å². The van der Waals surface area contributed by atoms with E-state index in [4.69, 9.17) is 0 Å². The average Bonchev–Trinajstić information content (AvgIpc) is 2.88. The minimum atomic E-state index is -0.994. The summed E-state index contributed by atoms with van der Waals surface area (Å²) in [7, 11) is 0. The molecule has 1 aromatic carbocycles. The van der Waals surface area contributed by atoms with Gasteiger partial charge >= 0.3 is 0 Å². The highest BCUT2D eigenvalue weighted by atomic mass is 32.1. The van der Waals surface area contributed by atoms with Gasteiger partial charge < -0.3 is 0 Å². The molecule has 1 heterocycles. The number of hydrogen-bond acceptors (Lipinski definition) is 3. The maximum Gasteiger partial charge on any atom is 0.281 e. The number of amides is 1. The lowest BCUT2D eigenvalue weighted by molar-refractivity contribution is 0.0959. The van der Waals surface area contributed by atoms with Crippen LogP contribution >= 0.6 is 11.3 Å². The molecule has 92 valence electrons. The van der Waals surface area contributed by atoms with E-state index in [1.54, 1.807) is 17.5 Å². The second kappa shape index (κ2) is 5.50. The zero-order valence-electron chi connectivity index (χ0n) is 9.06. The lowest BCUT2D eigenvalue weighted by Gasteiger charge is -1.98. The molecule has 2 aromatic rings. The number of rotatable bonds is 3. The van der Waals surface area contributed by atoms with Crippen molar-refractivity contribution in [2.75, 3.05) is 0 Å². The van der Waals surface area contributed by atoms with Gasteiger partial charge in [-0.15, -0.1) is 11.3 Å². The number of halogens is 2. The summed E-state index contributed by atoms with van der Waals surface area (Å²) in [5.74, 6) is -2.34. The predicted octanol–water partition coefficient (Wildman–Crippen LogP) is 2.79. The third-order valence-corrected chi connectivity index (χ3v) is 2.96. The summed E-state index contributed by atoms with van der Waals surface area (Å²) in [5, 5.41) is 5.33. The van der Waals surface area contributed by atoms with Crippen LogP contribution < -0.4 is 5.43 Å². The lowest BCUT2D eigenvalue weighted by Crippen LogP contribution is -2.16. The Morgan fingerprint density at radius 2 is 2.11 bits per heavy atom. The SMILES string of the molecule is O=C(NN=Cc1cccc(F)c1F)c1cccs1. The fraction of sp³-hybridized carbons (Fsp3) is 0. The average molecular weight is 266 g/mol. The summed E-state index contributed by atoms with van der Waals surface area (Å²) in [6.07, 6.45) is 1.06. The molecule has 0 saturated carbocycles. The number of nitrogens with zero attached hydrogens (tertiary/aromatic N) is 1. The Bertz CT molecular complexity index is 582. The molecule has 0 aliphatic carbocycles. The molecule has 0 aliphatic rings. The predicted molar refractivity (Wildman–Crippen MR) is 65.7 cm³/mol. The van der Waals surface area contributed by atoms with Crippen LogP contribution in [0.25, 0.3) is 0 Å². The van der Waals surface area contributed by atoms with Gasteiger partial charge in [0.25, 0.3) is 5.91 Å². The molecular formula is C12H8F2N2OS. The van der Waals surface area contributed by atoms with Crippen LogP contribution in [0.2, 0.25) is 0 Å². The molecule has 6 heteroatoms. The van der Waals surface area contributed by atoms with E-state index in [1.165, 1.54) is 23.5 Å². The first kappa shape index (κ1) is 12.4. The third-order valence-electron chi connectivity index (χ3n) is 2.10. The number of hydrazone groups is 1. The van der Waals surface area contributed by atoms with E-state index < -0.39 is 17.5 Å². The van der Waals surface area contributed by atoms with E-state index in [2.05, 4.69) is 10.5 Å². The molecule has 1 amide bonds. The summed E-state index contributed by atoms with van der Waals surface area (Å²) in [5.41, 5.74) is 2.21.